The van der Waals surface area contributed by atoms with Gasteiger partial charge in [-0.05, 0) is 29.7 Å². The van der Waals surface area contributed by atoms with Gasteiger partial charge in [-0.2, -0.15) is 15.0 Å². The molecule has 0 amide bonds. The summed E-state index contributed by atoms with van der Waals surface area (Å²) in [5.41, 5.74) is 3.14. The minimum absolute atomic E-state index is 0.00752. The molecule has 2 aromatic carbocycles. The van der Waals surface area contributed by atoms with Crippen molar-refractivity contribution in [3.05, 3.63) is 47.5 Å². The highest BCUT2D eigenvalue weighted by Gasteiger charge is 2.29. The minimum Gasteiger partial charge on any atom is -0.493 e. The number of methoxy groups -OCH3 is 3. The lowest BCUT2D eigenvalue weighted by Gasteiger charge is -2.36. The number of hydrogen-bond acceptors (Lipinski definition) is 10. The van der Waals surface area contributed by atoms with E-state index in [-0.39, 0.29) is 12.6 Å². The average molecular weight is 494 g/mol. The van der Waals surface area contributed by atoms with Crippen molar-refractivity contribution in [1.29, 1.82) is 0 Å². The fourth-order valence-electron chi connectivity index (χ4n) is 4.71. The standard InChI is InChI=1S/C26H31N5O5/c1-33-21-13-19(14-22(34-2)23(21)35-3)24-27-25(30-8-10-36-11-9-30)29-26(28-24)31-15-18-7-5-4-6-17(18)12-20(31)16-32/h4-7,13-14,20,32H,8-12,15-16H2,1-3H3/t20-/m0/s1. The van der Waals surface area contributed by atoms with Crippen molar-refractivity contribution in [1.82, 2.24) is 15.0 Å². The molecular formula is C26H31N5O5. The molecule has 0 unspecified atom stereocenters. The number of anilines is 2. The summed E-state index contributed by atoms with van der Waals surface area (Å²) in [6.07, 6.45) is 0.713. The van der Waals surface area contributed by atoms with Gasteiger partial charge in [-0.1, -0.05) is 24.3 Å². The Morgan fingerprint density at radius 2 is 1.58 bits per heavy atom. The van der Waals surface area contributed by atoms with Crippen LogP contribution in [0.15, 0.2) is 36.4 Å². The quantitative estimate of drug-likeness (QED) is 0.528. The molecule has 10 heteroatoms. The van der Waals surface area contributed by atoms with Crippen LogP contribution in [-0.4, -0.2) is 80.3 Å². The lowest BCUT2D eigenvalue weighted by atomic mass is 9.94. The van der Waals surface area contributed by atoms with Crippen LogP contribution in [0.25, 0.3) is 11.4 Å². The molecule has 1 saturated heterocycles. The van der Waals surface area contributed by atoms with E-state index in [1.54, 1.807) is 21.3 Å². The molecule has 0 bridgehead atoms. The normalized spacial score (nSPS) is 17.5. The van der Waals surface area contributed by atoms with Crippen molar-refractivity contribution in [2.24, 2.45) is 0 Å². The molecular weight excluding hydrogens is 462 g/mol. The van der Waals surface area contributed by atoms with Crippen LogP contribution in [0.4, 0.5) is 11.9 Å². The minimum atomic E-state index is -0.146. The second-order valence-electron chi connectivity index (χ2n) is 8.71. The van der Waals surface area contributed by atoms with Gasteiger partial charge in [0.1, 0.15) is 0 Å². The molecule has 1 aromatic heterocycles. The second-order valence-corrected chi connectivity index (χ2v) is 8.71. The summed E-state index contributed by atoms with van der Waals surface area (Å²) in [4.78, 5) is 18.7. The number of aliphatic hydroxyl groups is 1. The van der Waals surface area contributed by atoms with Gasteiger partial charge in [-0.15, -0.1) is 0 Å². The Balaban J connectivity index is 1.63. The Hall–Kier alpha value is -3.63. The topological polar surface area (TPSA) is 102 Å². The summed E-state index contributed by atoms with van der Waals surface area (Å²) >= 11 is 0. The predicted octanol–water partition coefficient (Wildman–Crippen LogP) is 2.32. The first-order chi connectivity index (χ1) is 17.6. The van der Waals surface area contributed by atoms with Crippen molar-refractivity contribution in [2.45, 2.75) is 19.0 Å². The number of morpholine rings is 1. The van der Waals surface area contributed by atoms with Gasteiger partial charge in [0, 0.05) is 25.2 Å². The van der Waals surface area contributed by atoms with Crippen LogP contribution >= 0.6 is 0 Å². The maximum Gasteiger partial charge on any atom is 0.231 e. The van der Waals surface area contributed by atoms with E-state index in [1.807, 2.05) is 24.3 Å². The van der Waals surface area contributed by atoms with E-state index in [2.05, 4.69) is 21.9 Å². The number of nitrogens with zero attached hydrogens (tertiary/aromatic N) is 5. The first-order valence-electron chi connectivity index (χ1n) is 12.0. The summed E-state index contributed by atoms with van der Waals surface area (Å²) < 4.78 is 22.1. The third kappa shape index (κ3) is 4.61. The molecule has 0 spiro atoms. The van der Waals surface area contributed by atoms with Gasteiger partial charge in [0.05, 0.1) is 47.2 Å². The van der Waals surface area contributed by atoms with E-state index < -0.39 is 0 Å². The zero-order valence-electron chi connectivity index (χ0n) is 20.8. The van der Waals surface area contributed by atoms with Crippen LogP contribution < -0.4 is 24.0 Å². The van der Waals surface area contributed by atoms with E-state index >= 15 is 0 Å². The molecule has 36 heavy (non-hydrogen) atoms. The Labute approximate surface area is 210 Å². The number of rotatable bonds is 7. The fraction of sp³-hybridized carbons (Fsp3) is 0.423. The molecule has 5 rings (SSSR count). The van der Waals surface area contributed by atoms with Crippen LogP contribution in [0.2, 0.25) is 0 Å². The molecule has 0 aliphatic carbocycles. The maximum atomic E-state index is 10.3. The van der Waals surface area contributed by atoms with Gasteiger partial charge >= 0.3 is 0 Å². The molecule has 2 aliphatic rings. The number of fused-ring (bicyclic) bond motifs is 1. The van der Waals surface area contributed by atoms with Crippen molar-refractivity contribution in [3.63, 3.8) is 0 Å². The van der Waals surface area contributed by atoms with Gasteiger partial charge in [-0.25, -0.2) is 0 Å². The highest BCUT2D eigenvalue weighted by molar-refractivity contribution is 5.68. The Bertz CT molecular complexity index is 1190. The first-order valence-corrected chi connectivity index (χ1v) is 12.0. The van der Waals surface area contributed by atoms with Gasteiger partial charge in [0.25, 0.3) is 0 Å². The summed E-state index contributed by atoms with van der Waals surface area (Å²) in [5, 5.41) is 10.3. The zero-order chi connectivity index (χ0) is 25.1. The summed E-state index contributed by atoms with van der Waals surface area (Å²) in [7, 11) is 4.73. The molecule has 10 nitrogen and oxygen atoms in total. The van der Waals surface area contributed by atoms with Gasteiger partial charge in [0.15, 0.2) is 17.3 Å². The highest BCUT2D eigenvalue weighted by Crippen LogP contribution is 2.41. The largest absolute Gasteiger partial charge is 0.493 e. The Kier molecular flexibility index (Phi) is 7.06. The number of aliphatic hydroxyl groups excluding tert-OH is 1. The smallest absolute Gasteiger partial charge is 0.231 e. The first kappa shape index (κ1) is 24.1. The fourth-order valence-corrected chi connectivity index (χ4v) is 4.71. The summed E-state index contributed by atoms with van der Waals surface area (Å²) in [6, 6.07) is 11.8. The van der Waals surface area contributed by atoms with E-state index in [0.717, 1.165) is 0 Å². The van der Waals surface area contributed by atoms with E-state index in [1.165, 1.54) is 11.1 Å². The maximum absolute atomic E-state index is 10.3. The van der Waals surface area contributed by atoms with E-state index in [9.17, 15) is 5.11 Å². The van der Waals surface area contributed by atoms with Crippen LogP contribution in [0.1, 0.15) is 11.1 Å². The molecule has 1 N–H and O–H groups in total. The van der Waals surface area contributed by atoms with Gasteiger partial charge in [0.2, 0.25) is 17.6 Å². The molecule has 190 valence electrons. The van der Waals surface area contributed by atoms with Crippen LogP contribution in [0, 0.1) is 0 Å². The number of aromatic nitrogens is 3. The van der Waals surface area contributed by atoms with Crippen LogP contribution in [0.3, 0.4) is 0 Å². The third-order valence-electron chi connectivity index (χ3n) is 6.65. The van der Waals surface area contributed by atoms with E-state index in [4.69, 9.17) is 33.9 Å². The molecule has 3 aromatic rings. The highest BCUT2D eigenvalue weighted by atomic mass is 16.5. The van der Waals surface area contributed by atoms with Crippen molar-refractivity contribution < 1.29 is 24.1 Å². The summed E-state index contributed by atoms with van der Waals surface area (Å²) in [6.45, 7) is 3.18. The van der Waals surface area contributed by atoms with Crippen molar-refractivity contribution in [3.8, 4) is 28.6 Å². The van der Waals surface area contributed by atoms with E-state index in [0.29, 0.717) is 79.8 Å². The number of hydrogen-bond donors (Lipinski definition) is 1. The van der Waals surface area contributed by atoms with Gasteiger partial charge in [-0.3, -0.25) is 0 Å². The number of ether oxygens (including phenoxy) is 4. The second kappa shape index (κ2) is 10.5. The lowest BCUT2D eigenvalue weighted by molar-refractivity contribution is 0.122. The molecule has 2 aliphatic heterocycles. The van der Waals surface area contributed by atoms with Crippen LogP contribution in [-0.2, 0) is 17.7 Å². The predicted molar refractivity (Wildman–Crippen MR) is 135 cm³/mol. The third-order valence-corrected chi connectivity index (χ3v) is 6.65. The molecule has 3 heterocycles. The Morgan fingerprint density at radius 1 is 0.917 bits per heavy atom. The monoisotopic (exact) mass is 493 g/mol. The van der Waals surface area contributed by atoms with Crippen molar-refractivity contribution in [2.75, 3.05) is 64.0 Å². The SMILES string of the molecule is COc1cc(-c2nc(N3CCOCC3)nc(N3Cc4ccccc4C[C@H]3CO)n2)cc(OC)c1OC. The summed E-state index contributed by atoms with van der Waals surface area (Å²) in [5.74, 6) is 3.10. The van der Waals surface area contributed by atoms with Gasteiger partial charge < -0.3 is 33.9 Å². The van der Waals surface area contributed by atoms with Crippen LogP contribution in [0.5, 0.6) is 17.2 Å². The zero-order valence-corrected chi connectivity index (χ0v) is 20.8. The molecule has 0 radical (unpaired) electrons. The lowest BCUT2D eigenvalue weighted by Crippen LogP contribution is -2.44. The average Bonchev–Trinajstić information content (AvgIpc) is 2.95. The molecule has 0 saturated carbocycles. The molecule has 1 atom stereocenters. The molecule has 1 fully saturated rings. The Morgan fingerprint density at radius 3 is 2.22 bits per heavy atom. The van der Waals surface area contributed by atoms with Crippen molar-refractivity contribution >= 4 is 11.9 Å². The number of benzene rings is 2.